The van der Waals surface area contributed by atoms with E-state index in [1.54, 1.807) is 4.57 Å². The Bertz CT molecular complexity index is 1610. The topological polar surface area (TPSA) is 237 Å². The lowest BCUT2D eigenvalue weighted by atomic mass is 9.96. The smallest absolute Gasteiger partial charge is 0.303 e. The van der Waals surface area contributed by atoms with Gasteiger partial charge in [0.2, 0.25) is 17.7 Å². The highest BCUT2D eigenvalue weighted by Gasteiger charge is 2.34. The van der Waals surface area contributed by atoms with Gasteiger partial charge in [0.1, 0.15) is 17.9 Å². The van der Waals surface area contributed by atoms with E-state index in [0.717, 1.165) is 5.56 Å². The number of anilines is 1. The first kappa shape index (κ1) is 35.8. The van der Waals surface area contributed by atoms with Gasteiger partial charge in [-0.15, -0.1) is 0 Å². The van der Waals surface area contributed by atoms with Crippen LogP contribution in [0, 0.1) is 0 Å². The number of nitrogens with one attached hydrogen (secondary N) is 3. The van der Waals surface area contributed by atoms with Crippen molar-refractivity contribution in [1.82, 2.24) is 15.2 Å². The number of carbonyl (C=O) groups is 5. The fraction of sp³-hybridized carbons (Fsp3) is 0.333. The minimum absolute atomic E-state index is 0.0485. The van der Waals surface area contributed by atoms with Gasteiger partial charge in [0.15, 0.2) is 5.96 Å². The van der Waals surface area contributed by atoms with Gasteiger partial charge in [-0.05, 0) is 44.2 Å². The zero-order valence-corrected chi connectivity index (χ0v) is 26.7. The number of aliphatic carboxylic acids is 1. The Kier molecular flexibility index (Phi) is 12.6. The summed E-state index contributed by atoms with van der Waals surface area (Å²) in [5.41, 5.74) is 19.0. The monoisotopic (exact) mass is 646 g/mol. The third-order valence-electron chi connectivity index (χ3n) is 7.24. The van der Waals surface area contributed by atoms with Crippen LogP contribution in [0.15, 0.2) is 65.7 Å². The van der Waals surface area contributed by atoms with Crippen LogP contribution >= 0.6 is 0 Å². The van der Waals surface area contributed by atoms with Gasteiger partial charge in [-0.25, -0.2) is 0 Å². The summed E-state index contributed by atoms with van der Waals surface area (Å²) in [6.07, 6.45) is -0.107. The molecule has 0 saturated heterocycles. The number of aromatic nitrogens is 1. The number of primary amides is 1. The molecule has 0 radical (unpaired) electrons. The predicted octanol–water partition coefficient (Wildman–Crippen LogP) is 2.35. The number of benzene rings is 2. The number of aliphatic imine (C=N–C) groups is 1. The molecule has 3 rings (SSSR count). The highest BCUT2D eigenvalue weighted by molar-refractivity contribution is 6.13. The maximum absolute atomic E-state index is 14.4. The van der Waals surface area contributed by atoms with Crippen molar-refractivity contribution in [2.75, 3.05) is 11.9 Å². The third-order valence-corrected chi connectivity index (χ3v) is 7.24. The van der Waals surface area contributed by atoms with Crippen LogP contribution in [0.2, 0.25) is 0 Å². The lowest BCUT2D eigenvalue weighted by Crippen LogP contribution is -2.45. The normalized spacial score (nSPS) is 12.1. The molecule has 1 aromatic heterocycles. The lowest BCUT2D eigenvalue weighted by molar-refractivity contribution is -0.137. The van der Waals surface area contributed by atoms with E-state index in [-0.39, 0.29) is 49.2 Å². The van der Waals surface area contributed by atoms with Gasteiger partial charge in [-0.1, -0.05) is 60.7 Å². The molecule has 47 heavy (non-hydrogen) atoms. The molecule has 0 aliphatic heterocycles. The van der Waals surface area contributed by atoms with Crippen LogP contribution in [0.1, 0.15) is 62.9 Å². The van der Waals surface area contributed by atoms with Gasteiger partial charge in [0, 0.05) is 31.5 Å². The highest BCUT2D eigenvalue weighted by atomic mass is 16.4. The van der Waals surface area contributed by atoms with Crippen LogP contribution < -0.4 is 33.2 Å². The fourth-order valence-corrected chi connectivity index (χ4v) is 5.22. The molecule has 0 bridgehead atoms. The predicted molar refractivity (Wildman–Crippen MR) is 179 cm³/mol. The Labute approximate surface area is 272 Å². The second kappa shape index (κ2) is 16.6. The Morgan fingerprint density at radius 1 is 0.851 bits per heavy atom. The van der Waals surface area contributed by atoms with Crippen LogP contribution in [-0.4, -0.2) is 63.9 Å². The quantitative estimate of drug-likeness (QED) is 0.0691. The van der Waals surface area contributed by atoms with Gasteiger partial charge < -0.3 is 42.8 Å². The van der Waals surface area contributed by atoms with E-state index in [1.165, 1.54) is 6.92 Å². The number of rotatable bonds is 16. The van der Waals surface area contributed by atoms with Crippen molar-refractivity contribution in [3.63, 3.8) is 0 Å². The number of guanidine groups is 1. The molecular formula is C33H42N8O6. The highest BCUT2D eigenvalue weighted by Crippen LogP contribution is 2.44. The summed E-state index contributed by atoms with van der Waals surface area (Å²) in [7, 11) is 0. The first-order valence-electron chi connectivity index (χ1n) is 15.2. The number of amides is 4. The molecular weight excluding hydrogens is 604 g/mol. The molecule has 0 aliphatic carbocycles. The van der Waals surface area contributed by atoms with Gasteiger partial charge in [-0.2, -0.15) is 0 Å². The van der Waals surface area contributed by atoms with Crippen molar-refractivity contribution in [2.45, 2.75) is 64.6 Å². The number of carboxylic acids is 1. The van der Waals surface area contributed by atoms with E-state index < -0.39 is 41.7 Å². The summed E-state index contributed by atoms with van der Waals surface area (Å²) in [5, 5.41) is 17.3. The number of hydrogen-bond donors (Lipinski definition) is 7. The summed E-state index contributed by atoms with van der Waals surface area (Å²) in [4.78, 5) is 67.9. The van der Waals surface area contributed by atoms with E-state index in [4.69, 9.17) is 17.2 Å². The zero-order chi connectivity index (χ0) is 34.7. The Morgan fingerprint density at radius 2 is 1.45 bits per heavy atom. The van der Waals surface area contributed by atoms with Crippen molar-refractivity contribution in [3.8, 4) is 22.4 Å². The van der Waals surface area contributed by atoms with Crippen LogP contribution in [-0.2, 0) is 19.2 Å². The summed E-state index contributed by atoms with van der Waals surface area (Å²) in [6, 6.07) is 15.7. The molecule has 14 heteroatoms. The number of nitrogens with two attached hydrogens (primary N) is 3. The molecule has 4 amide bonds. The van der Waals surface area contributed by atoms with Crippen molar-refractivity contribution >= 4 is 41.4 Å². The molecule has 1 heterocycles. The lowest BCUT2D eigenvalue weighted by Gasteiger charge is -2.22. The minimum Gasteiger partial charge on any atom is -0.481 e. The van der Waals surface area contributed by atoms with Crippen molar-refractivity contribution in [2.24, 2.45) is 22.2 Å². The number of nitrogens with zero attached hydrogens (tertiary/aromatic N) is 2. The van der Waals surface area contributed by atoms with Crippen LogP contribution in [0.5, 0.6) is 0 Å². The van der Waals surface area contributed by atoms with E-state index in [2.05, 4.69) is 20.9 Å². The first-order chi connectivity index (χ1) is 22.3. The maximum Gasteiger partial charge on any atom is 0.303 e. The van der Waals surface area contributed by atoms with E-state index >= 15 is 0 Å². The SMILES string of the molecule is CC(=O)NC(CCC(=O)O)C(=O)Nc1c(C(=O)NC(CCCN=C(N)N)C(N)=O)c(-c2ccccc2)c(-c2ccccc2)n1C(C)C. The fourth-order valence-electron chi connectivity index (χ4n) is 5.22. The van der Waals surface area contributed by atoms with Crippen LogP contribution in [0.3, 0.4) is 0 Å². The van der Waals surface area contributed by atoms with Crippen molar-refractivity contribution in [3.05, 3.63) is 66.2 Å². The third kappa shape index (κ3) is 9.66. The second-order valence-corrected chi connectivity index (χ2v) is 11.2. The van der Waals surface area contributed by atoms with Gasteiger partial charge in [0.05, 0.1) is 11.3 Å². The minimum atomic E-state index is -1.22. The molecule has 0 fully saturated rings. The van der Waals surface area contributed by atoms with Crippen molar-refractivity contribution in [1.29, 1.82) is 0 Å². The van der Waals surface area contributed by atoms with Gasteiger partial charge in [0.25, 0.3) is 5.91 Å². The standard InChI is InChI=1S/C33H42N8O6/c1-19(2)41-28(22-13-8-5-9-14-22)26(21-11-6-4-7-12-21)27(32(47)39-23(29(34)45)15-10-18-37-33(35)36)30(41)40-31(46)24(38-20(3)42)16-17-25(43)44/h4-9,11-14,19,23-24H,10,15-18H2,1-3H3,(H2,34,45)(H,38,42)(H,39,47)(H,40,46)(H,43,44)(H4,35,36,37). The average Bonchev–Trinajstić information content (AvgIpc) is 3.36. The molecule has 14 nitrogen and oxygen atoms in total. The maximum atomic E-state index is 14.4. The van der Waals surface area contributed by atoms with Gasteiger partial charge >= 0.3 is 5.97 Å². The summed E-state index contributed by atoms with van der Waals surface area (Å²) in [6.45, 7) is 5.19. The zero-order valence-electron chi connectivity index (χ0n) is 26.7. The molecule has 2 aromatic carbocycles. The van der Waals surface area contributed by atoms with E-state index in [9.17, 15) is 29.1 Å². The number of carbonyl (C=O) groups excluding carboxylic acids is 4. The van der Waals surface area contributed by atoms with Crippen LogP contribution in [0.25, 0.3) is 22.4 Å². The Hall–Kier alpha value is -5.66. The molecule has 2 unspecified atom stereocenters. The molecule has 250 valence electrons. The van der Waals surface area contributed by atoms with Crippen LogP contribution in [0.4, 0.5) is 5.82 Å². The number of carboxylic acid groups (broad SMARTS) is 1. The van der Waals surface area contributed by atoms with Crippen molar-refractivity contribution < 1.29 is 29.1 Å². The van der Waals surface area contributed by atoms with E-state index in [1.807, 2.05) is 74.5 Å². The number of hydrogen-bond acceptors (Lipinski definition) is 6. The Morgan fingerprint density at radius 3 is 1.96 bits per heavy atom. The molecule has 0 saturated carbocycles. The first-order valence-corrected chi connectivity index (χ1v) is 15.2. The van der Waals surface area contributed by atoms with Gasteiger partial charge in [-0.3, -0.25) is 29.0 Å². The molecule has 3 aromatic rings. The Balaban J connectivity index is 2.28. The summed E-state index contributed by atoms with van der Waals surface area (Å²) >= 11 is 0. The molecule has 10 N–H and O–H groups in total. The largest absolute Gasteiger partial charge is 0.481 e. The van der Waals surface area contributed by atoms with E-state index in [0.29, 0.717) is 23.2 Å². The molecule has 0 aliphatic rings. The summed E-state index contributed by atoms with van der Waals surface area (Å²) < 4.78 is 1.80. The molecule has 2 atom stereocenters. The second-order valence-electron chi connectivity index (χ2n) is 11.2. The summed E-state index contributed by atoms with van der Waals surface area (Å²) in [5.74, 6) is -3.89. The average molecular weight is 647 g/mol. The molecule has 0 spiro atoms.